The van der Waals surface area contributed by atoms with E-state index in [9.17, 15) is 9.18 Å². The van der Waals surface area contributed by atoms with Crippen LogP contribution in [0.15, 0.2) is 36.5 Å². The van der Waals surface area contributed by atoms with Gasteiger partial charge in [-0.3, -0.25) is 9.67 Å². The lowest BCUT2D eigenvalue weighted by molar-refractivity contribution is 0.203. The van der Waals surface area contributed by atoms with Crippen molar-refractivity contribution in [2.75, 3.05) is 19.6 Å². The third-order valence-electron chi connectivity index (χ3n) is 6.26. The number of rotatable bonds is 2. The van der Waals surface area contributed by atoms with E-state index in [2.05, 4.69) is 21.0 Å². The Morgan fingerprint density at radius 2 is 2.14 bits per heavy atom. The van der Waals surface area contributed by atoms with E-state index >= 15 is 0 Å². The molecule has 1 spiro atoms. The Labute approximate surface area is 168 Å². The van der Waals surface area contributed by atoms with Gasteiger partial charge < -0.3 is 10.2 Å². The molecule has 4 heterocycles. The SMILES string of the molecule is CCNC(=O)N1CCC2(CCCn3nc(-c4cnc5ccc(F)cc5c4)cc32)C1. The molecule has 1 unspecified atom stereocenters. The number of fused-ring (bicyclic) bond motifs is 3. The molecule has 1 N–H and O–H groups in total. The van der Waals surface area contributed by atoms with Crippen LogP contribution in [0.4, 0.5) is 9.18 Å². The molecule has 1 saturated heterocycles. The predicted octanol–water partition coefficient (Wildman–Crippen LogP) is 3.70. The molecule has 1 aromatic carbocycles. The molecule has 6 nitrogen and oxygen atoms in total. The molecule has 29 heavy (non-hydrogen) atoms. The van der Waals surface area contributed by atoms with Gasteiger partial charge in [0.15, 0.2) is 0 Å². The Morgan fingerprint density at radius 3 is 3.00 bits per heavy atom. The number of carbonyl (C=O) groups excluding carboxylic acids is 1. The molecular weight excluding hydrogens is 369 g/mol. The van der Waals surface area contributed by atoms with Crippen molar-refractivity contribution < 1.29 is 9.18 Å². The van der Waals surface area contributed by atoms with Crippen molar-refractivity contribution in [2.24, 2.45) is 0 Å². The predicted molar refractivity (Wildman–Crippen MR) is 109 cm³/mol. The molecule has 7 heteroatoms. The van der Waals surface area contributed by atoms with Crippen molar-refractivity contribution in [1.29, 1.82) is 0 Å². The van der Waals surface area contributed by atoms with Crippen molar-refractivity contribution in [1.82, 2.24) is 25.0 Å². The van der Waals surface area contributed by atoms with Crippen LogP contribution in [0, 0.1) is 5.82 Å². The molecule has 2 aliphatic rings. The molecule has 3 aromatic rings. The van der Waals surface area contributed by atoms with Gasteiger partial charge in [0.05, 0.1) is 11.2 Å². The van der Waals surface area contributed by atoms with Crippen LogP contribution in [0.2, 0.25) is 0 Å². The highest BCUT2D eigenvalue weighted by Gasteiger charge is 2.45. The van der Waals surface area contributed by atoms with E-state index in [-0.39, 0.29) is 17.3 Å². The van der Waals surface area contributed by atoms with E-state index in [0.717, 1.165) is 61.1 Å². The fourth-order valence-electron chi connectivity index (χ4n) is 4.81. The molecule has 2 aliphatic heterocycles. The summed E-state index contributed by atoms with van der Waals surface area (Å²) in [6, 6.07) is 8.72. The lowest BCUT2D eigenvalue weighted by Gasteiger charge is -2.34. The van der Waals surface area contributed by atoms with E-state index in [1.54, 1.807) is 12.3 Å². The minimum atomic E-state index is -0.268. The Hall–Kier alpha value is -2.96. The topological polar surface area (TPSA) is 63.1 Å². The second-order valence-corrected chi connectivity index (χ2v) is 8.09. The van der Waals surface area contributed by atoms with Crippen molar-refractivity contribution in [3.8, 4) is 11.3 Å². The molecule has 0 aliphatic carbocycles. The largest absolute Gasteiger partial charge is 0.338 e. The van der Waals surface area contributed by atoms with Gasteiger partial charge in [-0.25, -0.2) is 9.18 Å². The molecule has 2 amide bonds. The Bertz CT molecular complexity index is 1090. The molecule has 150 valence electrons. The van der Waals surface area contributed by atoms with Gasteiger partial charge in [-0.2, -0.15) is 5.10 Å². The fourth-order valence-corrected chi connectivity index (χ4v) is 4.81. The lowest BCUT2D eigenvalue weighted by atomic mass is 9.77. The van der Waals surface area contributed by atoms with Crippen LogP contribution in [-0.4, -0.2) is 45.3 Å². The number of aromatic nitrogens is 3. The third kappa shape index (κ3) is 3.05. The van der Waals surface area contributed by atoms with Crippen molar-refractivity contribution >= 4 is 16.9 Å². The van der Waals surface area contributed by atoms with Gasteiger partial charge in [0.2, 0.25) is 0 Å². The van der Waals surface area contributed by atoms with Gasteiger partial charge in [0.25, 0.3) is 0 Å². The van der Waals surface area contributed by atoms with Gasteiger partial charge in [-0.05, 0) is 56.5 Å². The first-order valence-electron chi connectivity index (χ1n) is 10.2. The number of hydrogen-bond donors (Lipinski definition) is 1. The summed E-state index contributed by atoms with van der Waals surface area (Å²) in [7, 11) is 0. The average molecular weight is 393 g/mol. The highest BCUT2D eigenvalue weighted by Crippen LogP contribution is 2.43. The molecule has 1 atom stereocenters. The number of benzene rings is 1. The molecule has 1 fully saturated rings. The zero-order chi connectivity index (χ0) is 20.0. The van der Waals surface area contributed by atoms with Crippen molar-refractivity contribution in [3.05, 3.63) is 48.0 Å². The van der Waals surface area contributed by atoms with Crippen molar-refractivity contribution in [3.63, 3.8) is 0 Å². The zero-order valence-corrected chi connectivity index (χ0v) is 16.5. The second-order valence-electron chi connectivity index (χ2n) is 8.09. The smallest absolute Gasteiger partial charge is 0.317 e. The van der Waals surface area contributed by atoms with Gasteiger partial charge >= 0.3 is 6.03 Å². The average Bonchev–Trinajstić information content (AvgIpc) is 3.34. The van der Waals surface area contributed by atoms with Crippen LogP contribution in [0.25, 0.3) is 22.2 Å². The van der Waals surface area contributed by atoms with E-state index in [4.69, 9.17) is 5.10 Å². The highest BCUT2D eigenvalue weighted by molar-refractivity contribution is 5.83. The van der Waals surface area contributed by atoms with Gasteiger partial charge in [0.1, 0.15) is 5.82 Å². The number of nitrogens with zero attached hydrogens (tertiary/aromatic N) is 4. The Kier molecular flexibility index (Phi) is 4.26. The summed E-state index contributed by atoms with van der Waals surface area (Å²) < 4.78 is 15.7. The van der Waals surface area contributed by atoms with Crippen LogP contribution in [0.5, 0.6) is 0 Å². The molecule has 0 saturated carbocycles. The molecular formula is C22H24FN5O. The fraction of sp³-hybridized carbons (Fsp3) is 0.409. The number of likely N-dealkylation sites (tertiary alicyclic amines) is 1. The first-order valence-corrected chi connectivity index (χ1v) is 10.2. The van der Waals surface area contributed by atoms with Crippen LogP contribution in [0.3, 0.4) is 0 Å². The number of urea groups is 1. The van der Waals surface area contributed by atoms with E-state index in [0.29, 0.717) is 6.54 Å². The number of halogens is 1. The third-order valence-corrected chi connectivity index (χ3v) is 6.26. The van der Waals surface area contributed by atoms with Crippen LogP contribution in [0.1, 0.15) is 31.9 Å². The molecule has 5 rings (SSSR count). The lowest BCUT2D eigenvalue weighted by Crippen LogP contribution is -2.42. The number of nitrogens with one attached hydrogen (secondary N) is 1. The zero-order valence-electron chi connectivity index (χ0n) is 16.5. The number of pyridine rings is 1. The number of carbonyl (C=O) groups is 1. The van der Waals surface area contributed by atoms with Crippen LogP contribution in [-0.2, 0) is 12.0 Å². The maximum atomic E-state index is 13.6. The Balaban J connectivity index is 1.50. The summed E-state index contributed by atoms with van der Waals surface area (Å²) in [4.78, 5) is 18.7. The van der Waals surface area contributed by atoms with Gasteiger partial charge in [-0.1, -0.05) is 0 Å². The monoisotopic (exact) mass is 393 g/mol. The summed E-state index contributed by atoms with van der Waals surface area (Å²) in [5.74, 6) is -0.268. The quantitative estimate of drug-likeness (QED) is 0.722. The van der Waals surface area contributed by atoms with E-state index < -0.39 is 0 Å². The van der Waals surface area contributed by atoms with Crippen molar-refractivity contribution in [2.45, 2.75) is 38.1 Å². The standard InChI is InChI=1S/C22H24FN5O/c1-2-24-21(29)27-9-7-22(14-27)6-3-8-28-20(22)12-19(26-28)16-10-15-11-17(23)4-5-18(15)25-13-16/h4-5,10-13H,2-3,6-9,14H2,1H3,(H,24,29). The number of amides is 2. The molecule has 0 radical (unpaired) electrons. The maximum absolute atomic E-state index is 13.6. The van der Waals surface area contributed by atoms with Crippen LogP contribution < -0.4 is 5.32 Å². The molecule has 0 bridgehead atoms. The summed E-state index contributed by atoms with van der Waals surface area (Å²) in [5.41, 5.74) is 3.68. The Morgan fingerprint density at radius 1 is 1.24 bits per heavy atom. The summed E-state index contributed by atoms with van der Waals surface area (Å²) in [6.45, 7) is 4.96. The highest BCUT2D eigenvalue weighted by atomic mass is 19.1. The summed E-state index contributed by atoms with van der Waals surface area (Å²) in [5, 5.41) is 8.52. The van der Waals surface area contributed by atoms with E-state index in [1.165, 1.54) is 17.8 Å². The first-order chi connectivity index (χ1) is 14.1. The first kappa shape index (κ1) is 18.1. The minimum Gasteiger partial charge on any atom is -0.338 e. The number of aryl methyl sites for hydroxylation is 1. The molecule has 2 aromatic heterocycles. The van der Waals surface area contributed by atoms with E-state index in [1.807, 2.05) is 17.9 Å². The minimum absolute atomic E-state index is 0.0157. The summed E-state index contributed by atoms with van der Waals surface area (Å²) in [6.07, 6.45) is 4.88. The number of hydrogen-bond acceptors (Lipinski definition) is 3. The van der Waals surface area contributed by atoms with Gasteiger partial charge in [0, 0.05) is 54.4 Å². The second kappa shape index (κ2) is 6.83. The summed E-state index contributed by atoms with van der Waals surface area (Å²) >= 11 is 0. The van der Waals surface area contributed by atoms with Crippen LogP contribution >= 0.6 is 0 Å². The van der Waals surface area contributed by atoms with Gasteiger partial charge in [-0.15, -0.1) is 0 Å². The normalized spacial score (nSPS) is 21.0. The maximum Gasteiger partial charge on any atom is 0.317 e.